The van der Waals surface area contributed by atoms with Crippen molar-refractivity contribution in [3.8, 4) is 23.3 Å². The Balaban J connectivity index is 1.63. The van der Waals surface area contributed by atoms with E-state index in [1.165, 1.54) is 12.1 Å². The summed E-state index contributed by atoms with van der Waals surface area (Å²) >= 11 is 0. The summed E-state index contributed by atoms with van der Waals surface area (Å²) in [5.74, 6) is 0.0810. The highest BCUT2D eigenvalue weighted by atomic mass is 16.7. The fourth-order valence-corrected chi connectivity index (χ4v) is 4.16. The molecule has 4 aromatic rings. The lowest BCUT2D eigenvalue weighted by Crippen LogP contribution is -2.33. The molecule has 3 aromatic carbocycles. The molecule has 1 heterocycles. The Bertz CT molecular complexity index is 1230. The Morgan fingerprint density at radius 3 is 1.70 bits per heavy atom. The van der Waals surface area contributed by atoms with Gasteiger partial charge < -0.3 is 29.3 Å². The number of hydrogen-bond acceptors (Lipinski definition) is 7. The first-order valence-corrected chi connectivity index (χ1v) is 11.8. The van der Waals surface area contributed by atoms with E-state index in [2.05, 4.69) is 0 Å². The van der Waals surface area contributed by atoms with E-state index in [1.54, 1.807) is 14.2 Å². The largest absolute Gasteiger partial charge is 0.497 e. The highest BCUT2D eigenvalue weighted by molar-refractivity contribution is 5.69. The highest BCUT2D eigenvalue weighted by Crippen LogP contribution is 2.41. The van der Waals surface area contributed by atoms with Gasteiger partial charge in [-0.1, -0.05) is 54.6 Å². The molecule has 0 saturated carbocycles. The number of aromatic nitrogens is 1. The third-order valence-electron chi connectivity index (χ3n) is 6.01. The number of carbonyl (C=O) groups excluding carboxylic acids is 1. The van der Waals surface area contributed by atoms with Gasteiger partial charge >= 0.3 is 5.97 Å². The maximum Gasteiger partial charge on any atom is 0.333 e. The summed E-state index contributed by atoms with van der Waals surface area (Å²) in [5, 5.41) is 19.4. The van der Waals surface area contributed by atoms with E-state index < -0.39 is 11.6 Å². The van der Waals surface area contributed by atoms with E-state index in [4.69, 9.17) is 19.0 Å². The van der Waals surface area contributed by atoms with Gasteiger partial charge in [-0.3, -0.25) is 0 Å². The summed E-state index contributed by atoms with van der Waals surface area (Å²) in [6.07, 6.45) is 0.343. The summed E-state index contributed by atoms with van der Waals surface area (Å²) in [6.45, 7) is 0.214. The van der Waals surface area contributed by atoms with E-state index in [0.717, 1.165) is 28.2 Å². The molecule has 0 aliphatic carbocycles. The molecule has 0 aliphatic heterocycles. The van der Waals surface area contributed by atoms with Gasteiger partial charge in [-0.25, -0.2) is 4.79 Å². The minimum absolute atomic E-state index is 0.00710. The van der Waals surface area contributed by atoms with Gasteiger partial charge in [0.1, 0.15) is 17.1 Å². The Morgan fingerprint density at radius 2 is 1.22 bits per heavy atom. The lowest BCUT2D eigenvalue weighted by Gasteiger charge is -2.36. The van der Waals surface area contributed by atoms with Crippen LogP contribution in [0.25, 0.3) is 0 Å². The van der Waals surface area contributed by atoms with Crippen LogP contribution in [0.5, 0.6) is 23.3 Å². The van der Waals surface area contributed by atoms with Crippen molar-refractivity contribution in [1.29, 1.82) is 0 Å². The Labute approximate surface area is 215 Å². The van der Waals surface area contributed by atoms with Crippen molar-refractivity contribution in [2.45, 2.75) is 18.4 Å². The number of carbonyl (C=O) groups is 1. The van der Waals surface area contributed by atoms with E-state index in [9.17, 15) is 15.0 Å². The summed E-state index contributed by atoms with van der Waals surface area (Å²) in [5.41, 5.74) is 1.69. The summed E-state index contributed by atoms with van der Waals surface area (Å²) in [4.78, 5) is 17.4. The predicted molar refractivity (Wildman–Crippen MR) is 137 cm³/mol. The first-order chi connectivity index (χ1) is 18.0. The first kappa shape index (κ1) is 25.7. The predicted octanol–water partition coefficient (Wildman–Crippen LogP) is 4.66. The quantitative estimate of drug-likeness (QED) is 0.227. The molecular formula is C29H29NO7. The van der Waals surface area contributed by atoms with Gasteiger partial charge in [0.25, 0.3) is 0 Å². The number of benzene rings is 3. The maximum absolute atomic E-state index is 12.3. The third-order valence-corrected chi connectivity index (χ3v) is 6.01. The third kappa shape index (κ3) is 5.54. The minimum atomic E-state index is -0.985. The number of nitrogens with zero attached hydrogens (tertiary/aromatic N) is 1. The Morgan fingerprint density at radius 1 is 0.730 bits per heavy atom. The zero-order chi connectivity index (χ0) is 26.3. The Hall–Kier alpha value is -4.43. The fraction of sp³-hybridized carbons (Fsp3) is 0.207. The highest BCUT2D eigenvalue weighted by Gasteiger charge is 2.37. The molecule has 0 unspecified atom stereocenters. The van der Waals surface area contributed by atoms with Crippen molar-refractivity contribution >= 4 is 5.97 Å². The minimum Gasteiger partial charge on any atom is -0.497 e. The normalized spacial score (nSPS) is 11.2. The van der Waals surface area contributed by atoms with E-state index in [-0.39, 0.29) is 24.8 Å². The molecule has 37 heavy (non-hydrogen) atoms. The number of ether oxygens (including phenoxy) is 3. The number of rotatable bonds is 11. The molecular weight excluding hydrogens is 474 g/mol. The van der Waals surface area contributed by atoms with Crippen molar-refractivity contribution in [2.75, 3.05) is 20.8 Å². The molecule has 192 valence electrons. The number of methoxy groups -OCH3 is 2. The first-order valence-electron chi connectivity index (χ1n) is 11.8. The van der Waals surface area contributed by atoms with Crippen LogP contribution in [0.15, 0.2) is 91.0 Å². The van der Waals surface area contributed by atoms with E-state index in [1.807, 2.05) is 78.9 Å². The second-order valence-corrected chi connectivity index (χ2v) is 8.26. The molecule has 0 saturated heterocycles. The summed E-state index contributed by atoms with van der Waals surface area (Å²) in [6, 6.07) is 27.7. The molecule has 8 nitrogen and oxygen atoms in total. The molecule has 8 heteroatoms. The van der Waals surface area contributed by atoms with E-state index in [0.29, 0.717) is 11.2 Å². The number of aromatic hydroxyl groups is 2. The van der Waals surface area contributed by atoms with Crippen molar-refractivity contribution in [3.05, 3.63) is 108 Å². The van der Waals surface area contributed by atoms with E-state index >= 15 is 0 Å². The van der Waals surface area contributed by atoms with Gasteiger partial charge in [-0.05, 0) is 47.4 Å². The van der Waals surface area contributed by atoms with Crippen molar-refractivity contribution < 1.29 is 34.1 Å². The molecule has 0 atom stereocenters. The van der Waals surface area contributed by atoms with Crippen molar-refractivity contribution in [3.63, 3.8) is 0 Å². The second kappa shape index (κ2) is 11.5. The maximum atomic E-state index is 12.3. The van der Waals surface area contributed by atoms with Crippen molar-refractivity contribution in [1.82, 2.24) is 4.73 Å². The molecule has 1 aromatic heterocycles. The average Bonchev–Trinajstić information content (AvgIpc) is 3.26. The van der Waals surface area contributed by atoms with Crippen LogP contribution in [-0.2, 0) is 15.1 Å². The van der Waals surface area contributed by atoms with Gasteiger partial charge in [0.05, 0.1) is 20.6 Å². The van der Waals surface area contributed by atoms with Gasteiger partial charge in [0.15, 0.2) is 0 Å². The Kier molecular flexibility index (Phi) is 8.00. The van der Waals surface area contributed by atoms with Crippen LogP contribution in [-0.4, -0.2) is 41.7 Å². The molecule has 0 radical (unpaired) electrons. The van der Waals surface area contributed by atoms with Crippen LogP contribution in [0.3, 0.4) is 0 Å². The standard InChI is InChI=1S/C29H29NO7/c1-34-24-14-10-22(11-15-24)29(21-7-4-3-5-8-21,23-12-16-25(35-2)17-13-23)36-20-6-9-28(33)37-30-26(31)18-19-27(30)32/h3-5,7-8,10-19,31-32H,6,9,20H2,1-2H3. The molecule has 0 aliphatic rings. The van der Waals surface area contributed by atoms with Crippen molar-refractivity contribution in [2.24, 2.45) is 0 Å². The lowest BCUT2D eigenvalue weighted by atomic mass is 9.80. The van der Waals surface area contributed by atoms with Gasteiger partial charge in [0.2, 0.25) is 11.8 Å². The average molecular weight is 504 g/mol. The molecule has 0 fully saturated rings. The zero-order valence-electron chi connectivity index (χ0n) is 20.7. The topological polar surface area (TPSA) is 99.4 Å². The number of hydrogen-bond donors (Lipinski definition) is 2. The van der Waals surface area contributed by atoms with Crippen LogP contribution in [0.2, 0.25) is 0 Å². The van der Waals surface area contributed by atoms with Gasteiger partial charge in [-0.15, -0.1) is 4.73 Å². The molecule has 4 rings (SSSR count). The van der Waals surface area contributed by atoms with Crippen LogP contribution < -0.4 is 14.3 Å². The second-order valence-electron chi connectivity index (χ2n) is 8.26. The van der Waals surface area contributed by atoms with Crippen LogP contribution in [0, 0.1) is 0 Å². The van der Waals surface area contributed by atoms with Gasteiger partial charge in [-0.2, -0.15) is 0 Å². The molecule has 0 bridgehead atoms. The monoisotopic (exact) mass is 503 g/mol. The fourth-order valence-electron chi connectivity index (χ4n) is 4.16. The summed E-state index contributed by atoms with van der Waals surface area (Å²) in [7, 11) is 3.23. The van der Waals surface area contributed by atoms with Crippen LogP contribution in [0.1, 0.15) is 29.5 Å². The zero-order valence-corrected chi connectivity index (χ0v) is 20.7. The lowest BCUT2D eigenvalue weighted by molar-refractivity contribution is -0.146. The SMILES string of the molecule is COc1ccc(C(OCCCC(=O)On2c(O)ccc2O)(c2ccccc2)c2ccc(OC)cc2)cc1. The van der Waals surface area contributed by atoms with Crippen LogP contribution >= 0.6 is 0 Å². The smallest absolute Gasteiger partial charge is 0.333 e. The van der Waals surface area contributed by atoms with Crippen LogP contribution in [0.4, 0.5) is 0 Å². The summed E-state index contributed by atoms with van der Waals surface area (Å²) < 4.78 is 18.1. The van der Waals surface area contributed by atoms with Gasteiger partial charge in [0, 0.05) is 18.7 Å². The molecule has 0 amide bonds. The molecule has 0 spiro atoms. The molecule has 2 N–H and O–H groups in total.